The van der Waals surface area contributed by atoms with Crippen molar-refractivity contribution in [2.45, 2.75) is 91.8 Å². The van der Waals surface area contributed by atoms with Crippen molar-refractivity contribution < 1.29 is 38.1 Å². The second-order valence-corrected chi connectivity index (χ2v) is 14.3. The van der Waals surface area contributed by atoms with Crippen LogP contribution in [0, 0.1) is 0 Å². The third-order valence-electron chi connectivity index (χ3n) is 4.32. The van der Waals surface area contributed by atoms with Crippen LogP contribution in [0.3, 0.4) is 0 Å². The Kier molecular flexibility index (Phi) is 16.7. The molecule has 0 rings (SSSR count). The highest BCUT2D eigenvalue weighted by Gasteiger charge is 2.32. The zero-order chi connectivity index (χ0) is 31.1. The van der Waals surface area contributed by atoms with Gasteiger partial charge < -0.3 is 35.3 Å². The van der Waals surface area contributed by atoms with Gasteiger partial charge in [0.1, 0.15) is 36.3 Å². The number of ether oxygens (including phenoxy) is 4. The first-order chi connectivity index (χ1) is 18.3. The van der Waals surface area contributed by atoms with E-state index in [-0.39, 0.29) is 32.9 Å². The molecule has 0 aliphatic heterocycles. The molecule has 0 radical (unpaired) electrons. The fourth-order valence-corrected chi connectivity index (χ4v) is 3.89. The maximum atomic E-state index is 13.2. The molecule has 0 spiro atoms. The van der Waals surface area contributed by atoms with Gasteiger partial charge in [-0.25, -0.2) is 14.4 Å². The van der Waals surface area contributed by atoms with Crippen molar-refractivity contribution in [1.82, 2.24) is 20.4 Å². The van der Waals surface area contributed by atoms with E-state index in [4.69, 9.17) is 24.7 Å². The topological polar surface area (TPSA) is 162 Å². The lowest BCUT2D eigenvalue weighted by Crippen LogP contribution is -2.52. The molecule has 15 heteroatoms. The molecule has 0 bridgehead atoms. The smallest absolute Gasteiger partial charge is 0.413 e. The summed E-state index contributed by atoms with van der Waals surface area (Å²) in [5.74, 6) is 0.320. The monoisotopic (exact) mass is 611 g/mol. The highest BCUT2D eigenvalue weighted by Crippen LogP contribution is 2.17. The van der Waals surface area contributed by atoms with E-state index in [1.807, 2.05) is 6.26 Å². The van der Waals surface area contributed by atoms with Gasteiger partial charge in [0.25, 0.3) is 0 Å². The van der Waals surface area contributed by atoms with Crippen LogP contribution in [0.15, 0.2) is 0 Å². The summed E-state index contributed by atoms with van der Waals surface area (Å²) in [6.07, 6.45) is -1.33. The molecule has 1 atom stereocenters. The SMILES string of the molecule is CSSCCNC(=O)COC(CCN(CN)C(=O)OC(C)(C)C)N(CNC(=O)OC(C)(C)C)C(=O)OC(C)(C)C. The summed E-state index contributed by atoms with van der Waals surface area (Å²) in [4.78, 5) is 53.0. The minimum atomic E-state index is -1.09. The van der Waals surface area contributed by atoms with Crippen LogP contribution in [0.2, 0.25) is 0 Å². The number of alkyl carbamates (subject to hydrolysis) is 1. The number of hydrogen-bond donors (Lipinski definition) is 3. The van der Waals surface area contributed by atoms with Crippen LogP contribution in [0.1, 0.15) is 68.7 Å². The maximum absolute atomic E-state index is 13.2. The Morgan fingerprint density at radius 2 is 1.40 bits per heavy atom. The van der Waals surface area contributed by atoms with Gasteiger partial charge in [0.05, 0.1) is 6.67 Å². The van der Waals surface area contributed by atoms with Crippen molar-refractivity contribution >= 4 is 45.8 Å². The Labute approximate surface area is 246 Å². The second-order valence-electron chi connectivity index (χ2n) is 11.6. The average molecular weight is 612 g/mol. The number of amides is 4. The fraction of sp³-hybridized carbons (Fsp3) is 0.840. The van der Waals surface area contributed by atoms with Crippen molar-refractivity contribution in [1.29, 1.82) is 0 Å². The van der Waals surface area contributed by atoms with E-state index in [9.17, 15) is 19.2 Å². The Hall–Kier alpha value is -2.10. The van der Waals surface area contributed by atoms with Crippen molar-refractivity contribution in [3.05, 3.63) is 0 Å². The maximum Gasteiger partial charge on any atom is 0.413 e. The van der Waals surface area contributed by atoms with E-state index in [0.29, 0.717) is 12.3 Å². The molecule has 0 aromatic rings. The van der Waals surface area contributed by atoms with Gasteiger partial charge in [0.2, 0.25) is 5.91 Å². The number of nitrogens with zero attached hydrogens (tertiary/aromatic N) is 2. The van der Waals surface area contributed by atoms with Crippen LogP contribution in [-0.2, 0) is 23.7 Å². The van der Waals surface area contributed by atoms with Gasteiger partial charge >= 0.3 is 18.3 Å². The number of nitrogens with one attached hydrogen (secondary N) is 2. The molecule has 0 saturated carbocycles. The molecule has 0 aliphatic carbocycles. The van der Waals surface area contributed by atoms with Crippen LogP contribution in [-0.4, -0.2) is 102 Å². The summed E-state index contributed by atoms with van der Waals surface area (Å²) >= 11 is 0. The summed E-state index contributed by atoms with van der Waals surface area (Å²) in [6.45, 7) is 15.0. The van der Waals surface area contributed by atoms with E-state index in [0.717, 1.165) is 4.90 Å². The molecule has 0 saturated heterocycles. The molecule has 0 aromatic heterocycles. The van der Waals surface area contributed by atoms with Gasteiger partial charge in [-0.1, -0.05) is 21.6 Å². The second kappa shape index (κ2) is 17.7. The first kappa shape index (κ1) is 37.9. The zero-order valence-corrected chi connectivity index (χ0v) is 27.2. The molecule has 0 fully saturated rings. The van der Waals surface area contributed by atoms with Gasteiger partial charge in [-0.2, -0.15) is 0 Å². The van der Waals surface area contributed by atoms with E-state index in [2.05, 4.69) is 10.6 Å². The first-order valence-electron chi connectivity index (χ1n) is 13.0. The molecule has 0 heterocycles. The third kappa shape index (κ3) is 19.1. The van der Waals surface area contributed by atoms with Gasteiger partial charge in [-0.3, -0.25) is 14.6 Å². The number of nitrogens with two attached hydrogens (primary N) is 1. The van der Waals surface area contributed by atoms with Gasteiger partial charge in [0, 0.05) is 25.3 Å². The molecule has 13 nitrogen and oxygen atoms in total. The Morgan fingerprint density at radius 3 is 1.90 bits per heavy atom. The van der Waals surface area contributed by atoms with Gasteiger partial charge in [-0.15, -0.1) is 0 Å². The van der Waals surface area contributed by atoms with E-state index in [1.165, 1.54) is 4.90 Å². The quantitative estimate of drug-likeness (QED) is 0.114. The molecular weight excluding hydrogens is 562 g/mol. The Balaban J connectivity index is 5.88. The van der Waals surface area contributed by atoms with Crippen molar-refractivity contribution in [3.63, 3.8) is 0 Å². The Bertz CT molecular complexity index is 813. The lowest BCUT2D eigenvalue weighted by molar-refractivity contribution is -0.134. The molecule has 0 aliphatic rings. The molecule has 0 aromatic carbocycles. The molecule has 1 unspecified atom stereocenters. The highest BCUT2D eigenvalue weighted by molar-refractivity contribution is 8.76. The van der Waals surface area contributed by atoms with Crippen molar-refractivity contribution in [3.8, 4) is 0 Å². The molecule has 4 amide bonds. The van der Waals surface area contributed by atoms with Crippen LogP contribution in [0.25, 0.3) is 0 Å². The number of hydrogen-bond acceptors (Lipinski definition) is 11. The highest BCUT2D eigenvalue weighted by atomic mass is 33.1. The van der Waals surface area contributed by atoms with Crippen LogP contribution in [0.4, 0.5) is 14.4 Å². The number of carbonyl (C=O) groups is 4. The standard InChI is InChI=1S/C25H49N5O8S2/c1-23(2,3)36-20(32)28-17-30(22(34)38-25(7,8)9)19(35-15-18(31)27-12-14-40-39-10)11-13-29(16-26)21(33)37-24(4,5)6/h19H,11-17,26H2,1-10H3,(H,27,31)(H,28,32). The van der Waals surface area contributed by atoms with E-state index < -0.39 is 47.2 Å². The fourth-order valence-electron chi connectivity index (χ4n) is 2.79. The molecule has 4 N–H and O–H groups in total. The molecule has 234 valence electrons. The van der Waals surface area contributed by atoms with Crippen molar-refractivity contribution in [2.24, 2.45) is 5.73 Å². The predicted molar refractivity (Wildman–Crippen MR) is 158 cm³/mol. The van der Waals surface area contributed by atoms with E-state index >= 15 is 0 Å². The normalized spacial score (nSPS) is 12.7. The summed E-state index contributed by atoms with van der Waals surface area (Å²) in [7, 11) is 3.19. The minimum absolute atomic E-state index is 0.0216. The lowest BCUT2D eigenvalue weighted by atomic mass is 10.2. The van der Waals surface area contributed by atoms with Crippen LogP contribution < -0.4 is 16.4 Å². The average Bonchev–Trinajstić information content (AvgIpc) is 2.76. The van der Waals surface area contributed by atoms with Gasteiger partial charge in [-0.05, 0) is 68.6 Å². The largest absolute Gasteiger partial charge is 0.444 e. The third-order valence-corrected chi connectivity index (χ3v) is 6.13. The molecule has 40 heavy (non-hydrogen) atoms. The van der Waals surface area contributed by atoms with Gasteiger partial charge in [0.15, 0.2) is 0 Å². The first-order valence-corrected chi connectivity index (χ1v) is 15.7. The summed E-state index contributed by atoms with van der Waals surface area (Å²) in [5, 5.41) is 5.27. The van der Waals surface area contributed by atoms with E-state index in [1.54, 1.807) is 83.9 Å². The summed E-state index contributed by atoms with van der Waals surface area (Å²) < 4.78 is 22.1. The van der Waals surface area contributed by atoms with Crippen molar-refractivity contribution in [2.75, 3.05) is 45.0 Å². The summed E-state index contributed by atoms with van der Waals surface area (Å²) in [6, 6.07) is 0. The number of rotatable bonds is 14. The summed E-state index contributed by atoms with van der Waals surface area (Å²) in [5.41, 5.74) is 3.42. The lowest BCUT2D eigenvalue weighted by Gasteiger charge is -2.34. The predicted octanol–water partition coefficient (Wildman–Crippen LogP) is 3.72. The van der Waals surface area contributed by atoms with Crippen LogP contribution >= 0.6 is 21.6 Å². The molecular formula is C25H49N5O8S2. The number of carbonyl (C=O) groups excluding carboxylic acids is 4. The Morgan fingerprint density at radius 1 is 0.850 bits per heavy atom. The minimum Gasteiger partial charge on any atom is -0.444 e. The van der Waals surface area contributed by atoms with Crippen LogP contribution in [0.5, 0.6) is 0 Å². The zero-order valence-electron chi connectivity index (χ0n) is 25.6.